The van der Waals surface area contributed by atoms with Crippen molar-refractivity contribution in [2.24, 2.45) is 0 Å². The Morgan fingerprint density at radius 1 is 1.50 bits per heavy atom. The summed E-state index contributed by atoms with van der Waals surface area (Å²) in [6.07, 6.45) is 3.36. The molecule has 0 aromatic rings. The molecule has 0 rings (SSSR count). The first kappa shape index (κ1) is 10.8. The lowest BCUT2D eigenvalue weighted by atomic mass is 10.5. The zero-order valence-corrected chi connectivity index (χ0v) is 7.55. The van der Waals surface area contributed by atoms with Gasteiger partial charge in [0.25, 0.3) is 0 Å². The van der Waals surface area contributed by atoms with Gasteiger partial charge in [-0.15, -0.1) is 13.2 Å². The zero-order valence-electron chi connectivity index (χ0n) is 7.55. The molecule has 0 aliphatic heterocycles. The van der Waals surface area contributed by atoms with Crippen molar-refractivity contribution in [2.75, 3.05) is 19.6 Å². The van der Waals surface area contributed by atoms with Crippen molar-refractivity contribution >= 4 is 6.03 Å². The van der Waals surface area contributed by atoms with Crippen molar-refractivity contribution < 1.29 is 4.79 Å². The molecular formula is C9H16N2O. The molecular weight excluding hydrogens is 152 g/mol. The number of rotatable bonds is 5. The first-order valence-corrected chi connectivity index (χ1v) is 4.00. The van der Waals surface area contributed by atoms with Crippen molar-refractivity contribution in [1.82, 2.24) is 10.2 Å². The van der Waals surface area contributed by atoms with Crippen molar-refractivity contribution in [2.45, 2.75) is 6.92 Å². The van der Waals surface area contributed by atoms with Crippen LogP contribution in [-0.4, -0.2) is 30.6 Å². The highest BCUT2D eigenvalue weighted by Crippen LogP contribution is 1.88. The van der Waals surface area contributed by atoms with E-state index in [0.717, 1.165) is 0 Å². The highest BCUT2D eigenvalue weighted by atomic mass is 16.2. The Morgan fingerprint density at radius 2 is 2.17 bits per heavy atom. The minimum Gasteiger partial charge on any atom is -0.335 e. The molecule has 68 valence electrons. The van der Waals surface area contributed by atoms with E-state index < -0.39 is 0 Å². The van der Waals surface area contributed by atoms with E-state index in [1.54, 1.807) is 17.1 Å². The predicted octanol–water partition coefficient (Wildman–Crippen LogP) is 1.39. The van der Waals surface area contributed by atoms with Gasteiger partial charge in [0.15, 0.2) is 0 Å². The van der Waals surface area contributed by atoms with E-state index in [0.29, 0.717) is 19.6 Å². The summed E-state index contributed by atoms with van der Waals surface area (Å²) in [4.78, 5) is 12.9. The van der Waals surface area contributed by atoms with Crippen LogP contribution in [0.15, 0.2) is 25.3 Å². The number of nitrogens with zero attached hydrogens (tertiary/aromatic N) is 1. The quantitative estimate of drug-likeness (QED) is 0.618. The fourth-order valence-corrected chi connectivity index (χ4v) is 0.783. The van der Waals surface area contributed by atoms with E-state index in [4.69, 9.17) is 0 Å². The van der Waals surface area contributed by atoms with E-state index in [1.165, 1.54) is 0 Å². The van der Waals surface area contributed by atoms with Crippen LogP contribution in [0.5, 0.6) is 0 Å². The van der Waals surface area contributed by atoms with Gasteiger partial charge in [0.2, 0.25) is 0 Å². The van der Waals surface area contributed by atoms with E-state index in [2.05, 4.69) is 18.5 Å². The number of urea groups is 1. The Balaban J connectivity index is 3.84. The van der Waals surface area contributed by atoms with E-state index in [9.17, 15) is 4.79 Å². The van der Waals surface area contributed by atoms with E-state index in [-0.39, 0.29) is 6.03 Å². The molecule has 0 heterocycles. The van der Waals surface area contributed by atoms with Crippen LogP contribution < -0.4 is 5.32 Å². The van der Waals surface area contributed by atoms with Gasteiger partial charge in [-0.2, -0.15) is 0 Å². The average Bonchev–Trinajstić information content (AvgIpc) is 2.10. The second-order valence-corrected chi connectivity index (χ2v) is 2.30. The smallest absolute Gasteiger partial charge is 0.317 e. The van der Waals surface area contributed by atoms with E-state index >= 15 is 0 Å². The molecule has 0 aromatic heterocycles. The Kier molecular flexibility index (Phi) is 5.79. The van der Waals surface area contributed by atoms with Crippen LogP contribution >= 0.6 is 0 Å². The summed E-state index contributed by atoms with van der Waals surface area (Å²) in [5.41, 5.74) is 0. The minimum absolute atomic E-state index is 0.0719. The normalized spacial score (nSPS) is 8.75. The standard InChI is InChI=1S/C9H16N2O/c1-4-7-10-9(12)11(6-3)8-5-2/h4-5H,1-2,6-8H2,3H3,(H,10,12). The number of carbonyl (C=O) groups is 1. The Bertz CT molecular complexity index is 166. The highest BCUT2D eigenvalue weighted by molar-refractivity contribution is 5.74. The molecule has 0 spiro atoms. The summed E-state index contributed by atoms with van der Waals surface area (Å²) >= 11 is 0. The number of amides is 2. The molecule has 0 atom stereocenters. The monoisotopic (exact) mass is 168 g/mol. The van der Waals surface area contributed by atoms with Crippen LogP contribution in [0.25, 0.3) is 0 Å². The van der Waals surface area contributed by atoms with Crippen LogP contribution in [0.3, 0.4) is 0 Å². The maximum Gasteiger partial charge on any atom is 0.317 e. The first-order chi connectivity index (χ1) is 5.76. The molecule has 0 saturated heterocycles. The lowest BCUT2D eigenvalue weighted by molar-refractivity contribution is 0.207. The van der Waals surface area contributed by atoms with Crippen molar-refractivity contribution in [1.29, 1.82) is 0 Å². The maximum absolute atomic E-state index is 11.2. The fraction of sp³-hybridized carbons (Fsp3) is 0.444. The average molecular weight is 168 g/mol. The molecule has 0 aromatic carbocycles. The largest absolute Gasteiger partial charge is 0.335 e. The highest BCUT2D eigenvalue weighted by Gasteiger charge is 2.06. The second-order valence-electron chi connectivity index (χ2n) is 2.30. The molecule has 0 aliphatic rings. The number of hydrogen-bond donors (Lipinski definition) is 1. The third kappa shape index (κ3) is 3.81. The summed E-state index contributed by atoms with van der Waals surface area (Å²) < 4.78 is 0. The molecule has 2 amide bonds. The summed E-state index contributed by atoms with van der Waals surface area (Å²) in [6.45, 7) is 10.8. The van der Waals surface area contributed by atoms with Crippen LogP contribution in [0.2, 0.25) is 0 Å². The summed E-state index contributed by atoms with van der Waals surface area (Å²) in [6, 6.07) is -0.0719. The Labute approximate surface area is 73.8 Å². The molecule has 0 aliphatic carbocycles. The molecule has 0 radical (unpaired) electrons. The Hall–Kier alpha value is -1.25. The van der Waals surface area contributed by atoms with Crippen LogP contribution in [-0.2, 0) is 0 Å². The van der Waals surface area contributed by atoms with Gasteiger partial charge in [-0.25, -0.2) is 4.79 Å². The van der Waals surface area contributed by atoms with Crippen LogP contribution in [0, 0.1) is 0 Å². The molecule has 12 heavy (non-hydrogen) atoms. The fourth-order valence-electron chi connectivity index (χ4n) is 0.783. The molecule has 3 heteroatoms. The SMILES string of the molecule is C=CCNC(=O)N(CC)CC=C. The second kappa shape index (κ2) is 6.46. The van der Waals surface area contributed by atoms with Crippen LogP contribution in [0.4, 0.5) is 4.79 Å². The summed E-state index contributed by atoms with van der Waals surface area (Å²) in [5, 5.41) is 2.69. The first-order valence-electron chi connectivity index (χ1n) is 4.00. The van der Waals surface area contributed by atoms with Crippen molar-refractivity contribution in [3.63, 3.8) is 0 Å². The Morgan fingerprint density at radius 3 is 2.58 bits per heavy atom. The third-order valence-corrected chi connectivity index (χ3v) is 1.42. The number of hydrogen-bond acceptors (Lipinski definition) is 1. The molecule has 0 saturated carbocycles. The lowest BCUT2D eigenvalue weighted by Crippen LogP contribution is -2.39. The third-order valence-electron chi connectivity index (χ3n) is 1.42. The van der Waals surface area contributed by atoms with Gasteiger partial charge in [0, 0.05) is 19.6 Å². The topological polar surface area (TPSA) is 32.3 Å². The van der Waals surface area contributed by atoms with Gasteiger partial charge >= 0.3 is 6.03 Å². The zero-order chi connectivity index (χ0) is 9.40. The van der Waals surface area contributed by atoms with Gasteiger partial charge < -0.3 is 10.2 Å². The molecule has 0 unspecified atom stereocenters. The van der Waals surface area contributed by atoms with Crippen molar-refractivity contribution in [3.05, 3.63) is 25.3 Å². The number of carbonyl (C=O) groups excluding carboxylic acids is 1. The van der Waals surface area contributed by atoms with Gasteiger partial charge in [0.05, 0.1) is 0 Å². The molecule has 0 fully saturated rings. The number of likely N-dealkylation sites (N-methyl/N-ethyl adjacent to an activating group) is 1. The summed E-state index contributed by atoms with van der Waals surface area (Å²) in [7, 11) is 0. The lowest BCUT2D eigenvalue weighted by Gasteiger charge is -2.18. The predicted molar refractivity (Wildman–Crippen MR) is 51.0 cm³/mol. The van der Waals surface area contributed by atoms with Crippen molar-refractivity contribution in [3.8, 4) is 0 Å². The minimum atomic E-state index is -0.0719. The number of nitrogens with one attached hydrogen (secondary N) is 1. The summed E-state index contributed by atoms with van der Waals surface area (Å²) in [5.74, 6) is 0. The van der Waals surface area contributed by atoms with Gasteiger partial charge in [-0.05, 0) is 6.92 Å². The van der Waals surface area contributed by atoms with Gasteiger partial charge in [0.1, 0.15) is 0 Å². The molecule has 0 bridgehead atoms. The van der Waals surface area contributed by atoms with Gasteiger partial charge in [-0.3, -0.25) is 0 Å². The molecule has 3 nitrogen and oxygen atoms in total. The van der Waals surface area contributed by atoms with Crippen LogP contribution in [0.1, 0.15) is 6.92 Å². The maximum atomic E-state index is 11.2. The van der Waals surface area contributed by atoms with E-state index in [1.807, 2.05) is 6.92 Å². The molecule has 1 N–H and O–H groups in total. The van der Waals surface area contributed by atoms with Gasteiger partial charge in [-0.1, -0.05) is 12.2 Å².